The molecule has 0 saturated carbocycles. The average molecular weight is 361 g/mol. The summed E-state index contributed by atoms with van der Waals surface area (Å²) in [6.45, 7) is 0.274. The lowest BCUT2D eigenvalue weighted by atomic mass is 10.0. The van der Waals surface area contributed by atoms with Gasteiger partial charge in [-0.1, -0.05) is 91.0 Å². The lowest BCUT2D eigenvalue weighted by Gasteiger charge is -2.21. The Morgan fingerprint density at radius 2 is 1.26 bits per heavy atom. The van der Waals surface area contributed by atoms with Crippen molar-refractivity contribution in [1.82, 2.24) is 0 Å². The van der Waals surface area contributed by atoms with Crippen LogP contribution in [0.2, 0.25) is 0 Å². The van der Waals surface area contributed by atoms with Crippen molar-refractivity contribution in [2.75, 3.05) is 6.61 Å². The zero-order valence-electron chi connectivity index (χ0n) is 15.0. The summed E-state index contributed by atoms with van der Waals surface area (Å²) in [5.41, 5.74) is 8.92. The second-order valence-corrected chi connectivity index (χ2v) is 6.23. The molecule has 0 aliphatic carbocycles. The quantitative estimate of drug-likeness (QED) is 0.619. The molecular formula is C23H23NO3. The van der Waals surface area contributed by atoms with Crippen molar-refractivity contribution in [1.29, 1.82) is 0 Å². The van der Waals surface area contributed by atoms with Crippen molar-refractivity contribution >= 4 is 5.97 Å². The largest absolute Gasteiger partial charge is 0.460 e. The number of hydrogen-bond acceptors (Lipinski definition) is 4. The van der Waals surface area contributed by atoms with Gasteiger partial charge in [-0.3, -0.25) is 4.79 Å². The number of carbonyl (C=O) groups is 1. The molecule has 0 unspecified atom stereocenters. The van der Waals surface area contributed by atoms with Crippen molar-refractivity contribution in [2.45, 2.75) is 18.8 Å². The first-order valence-electron chi connectivity index (χ1n) is 8.91. The zero-order valence-corrected chi connectivity index (χ0v) is 15.0. The van der Waals surface area contributed by atoms with Crippen LogP contribution in [0.3, 0.4) is 0 Å². The number of hydrogen-bond donors (Lipinski definition) is 1. The lowest BCUT2D eigenvalue weighted by Crippen LogP contribution is -2.37. The van der Waals surface area contributed by atoms with Gasteiger partial charge >= 0.3 is 5.97 Å². The number of rotatable bonds is 8. The molecule has 0 amide bonds. The van der Waals surface area contributed by atoms with E-state index in [0.717, 1.165) is 16.7 Å². The Balaban J connectivity index is 1.60. The van der Waals surface area contributed by atoms with Crippen LogP contribution >= 0.6 is 0 Å². The van der Waals surface area contributed by atoms with E-state index in [2.05, 4.69) is 0 Å². The number of carbonyl (C=O) groups excluding carboxylic acids is 1. The molecule has 3 aromatic carbocycles. The third-order valence-corrected chi connectivity index (χ3v) is 4.17. The van der Waals surface area contributed by atoms with Gasteiger partial charge in [0.1, 0.15) is 18.8 Å². The molecule has 0 heterocycles. The monoisotopic (exact) mass is 361 g/mol. The Morgan fingerprint density at radius 3 is 1.78 bits per heavy atom. The van der Waals surface area contributed by atoms with Gasteiger partial charge < -0.3 is 15.2 Å². The molecular weight excluding hydrogens is 338 g/mol. The van der Waals surface area contributed by atoms with Crippen molar-refractivity contribution in [3.05, 3.63) is 108 Å². The maximum atomic E-state index is 12.2. The molecule has 0 fully saturated rings. The van der Waals surface area contributed by atoms with Gasteiger partial charge in [-0.25, -0.2) is 0 Å². The molecule has 138 valence electrons. The first kappa shape index (κ1) is 18.8. The van der Waals surface area contributed by atoms with Crippen LogP contribution in [0.1, 0.15) is 22.8 Å². The SMILES string of the molecule is N[C@@H](COC(c1ccccc1)c1ccccc1)C(=O)OCc1ccccc1. The van der Waals surface area contributed by atoms with Crippen molar-refractivity contribution in [3.63, 3.8) is 0 Å². The van der Waals surface area contributed by atoms with Gasteiger partial charge in [0, 0.05) is 0 Å². The van der Waals surface area contributed by atoms with E-state index >= 15 is 0 Å². The highest BCUT2D eigenvalue weighted by Gasteiger charge is 2.20. The van der Waals surface area contributed by atoms with Gasteiger partial charge in [-0.05, 0) is 16.7 Å². The van der Waals surface area contributed by atoms with Gasteiger partial charge in [-0.2, -0.15) is 0 Å². The Kier molecular flexibility index (Phi) is 6.74. The van der Waals surface area contributed by atoms with Gasteiger partial charge in [0.25, 0.3) is 0 Å². The summed E-state index contributed by atoms with van der Waals surface area (Å²) in [4.78, 5) is 12.2. The van der Waals surface area contributed by atoms with Crippen LogP contribution in [0.15, 0.2) is 91.0 Å². The fraction of sp³-hybridized carbons (Fsp3) is 0.174. The van der Waals surface area contributed by atoms with E-state index in [-0.39, 0.29) is 19.3 Å². The minimum absolute atomic E-state index is 0.0715. The molecule has 2 N–H and O–H groups in total. The molecule has 0 aromatic heterocycles. The van der Waals surface area contributed by atoms with E-state index in [1.165, 1.54) is 0 Å². The van der Waals surface area contributed by atoms with Crippen LogP contribution in [0.25, 0.3) is 0 Å². The second kappa shape index (κ2) is 9.67. The number of esters is 1. The highest BCUT2D eigenvalue weighted by molar-refractivity contribution is 5.75. The van der Waals surface area contributed by atoms with Crippen molar-refractivity contribution < 1.29 is 14.3 Å². The molecule has 27 heavy (non-hydrogen) atoms. The van der Waals surface area contributed by atoms with E-state index in [1.807, 2.05) is 91.0 Å². The van der Waals surface area contributed by atoms with Gasteiger partial charge in [-0.15, -0.1) is 0 Å². The summed E-state index contributed by atoms with van der Waals surface area (Å²) >= 11 is 0. The summed E-state index contributed by atoms with van der Waals surface area (Å²) in [6.07, 6.45) is -0.291. The summed E-state index contributed by atoms with van der Waals surface area (Å²) in [5, 5.41) is 0. The van der Waals surface area contributed by atoms with Crippen molar-refractivity contribution in [2.24, 2.45) is 5.73 Å². The Labute approximate surface area is 159 Å². The molecule has 0 radical (unpaired) electrons. The Hall–Kier alpha value is -2.95. The molecule has 0 aliphatic heterocycles. The van der Waals surface area contributed by atoms with Crippen LogP contribution < -0.4 is 5.73 Å². The van der Waals surface area contributed by atoms with Crippen molar-refractivity contribution in [3.8, 4) is 0 Å². The summed E-state index contributed by atoms with van der Waals surface area (Å²) in [5.74, 6) is -0.473. The molecule has 3 aromatic rings. The first-order valence-corrected chi connectivity index (χ1v) is 8.91. The van der Waals surface area contributed by atoms with Crippen LogP contribution in [-0.2, 0) is 20.9 Å². The van der Waals surface area contributed by atoms with Crippen LogP contribution in [-0.4, -0.2) is 18.6 Å². The van der Waals surface area contributed by atoms with Crippen LogP contribution in [0, 0.1) is 0 Å². The topological polar surface area (TPSA) is 61.5 Å². The Morgan fingerprint density at radius 1 is 0.778 bits per heavy atom. The molecule has 0 aliphatic rings. The van der Waals surface area contributed by atoms with Crippen LogP contribution in [0.5, 0.6) is 0 Å². The van der Waals surface area contributed by atoms with E-state index < -0.39 is 12.0 Å². The first-order chi connectivity index (χ1) is 13.2. The number of nitrogens with two attached hydrogens (primary N) is 1. The van der Waals surface area contributed by atoms with Gasteiger partial charge in [0.2, 0.25) is 0 Å². The molecule has 4 heteroatoms. The molecule has 0 bridgehead atoms. The maximum Gasteiger partial charge on any atom is 0.325 e. The highest BCUT2D eigenvalue weighted by atomic mass is 16.5. The third kappa shape index (κ3) is 5.51. The summed E-state index contributed by atoms with van der Waals surface area (Å²) in [6, 6.07) is 28.4. The molecule has 0 spiro atoms. The third-order valence-electron chi connectivity index (χ3n) is 4.17. The standard InChI is InChI=1S/C23H23NO3/c24-21(23(25)27-16-18-10-4-1-5-11-18)17-26-22(19-12-6-2-7-13-19)20-14-8-3-9-15-20/h1-15,21-22H,16-17,24H2/t21-/m0/s1. The fourth-order valence-electron chi connectivity index (χ4n) is 2.74. The summed E-state index contributed by atoms with van der Waals surface area (Å²) in [7, 11) is 0. The van der Waals surface area contributed by atoms with Crippen LogP contribution in [0.4, 0.5) is 0 Å². The number of benzene rings is 3. The predicted octanol–water partition coefficient (Wildman–Crippen LogP) is 3.86. The van der Waals surface area contributed by atoms with E-state index in [4.69, 9.17) is 15.2 Å². The summed E-state index contributed by atoms with van der Waals surface area (Å²) < 4.78 is 11.3. The van der Waals surface area contributed by atoms with E-state index in [1.54, 1.807) is 0 Å². The zero-order chi connectivity index (χ0) is 18.9. The highest BCUT2D eigenvalue weighted by Crippen LogP contribution is 2.25. The van der Waals surface area contributed by atoms with Gasteiger partial charge in [0.05, 0.1) is 6.61 Å². The molecule has 3 rings (SSSR count). The molecule has 1 atom stereocenters. The van der Waals surface area contributed by atoms with E-state index in [9.17, 15) is 4.79 Å². The predicted molar refractivity (Wildman–Crippen MR) is 105 cm³/mol. The average Bonchev–Trinajstić information content (AvgIpc) is 2.74. The maximum absolute atomic E-state index is 12.2. The molecule has 4 nitrogen and oxygen atoms in total. The Bertz CT molecular complexity index is 783. The second-order valence-electron chi connectivity index (χ2n) is 6.23. The smallest absolute Gasteiger partial charge is 0.325 e. The number of ether oxygens (including phenoxy) is 2. The molecule has 0 saturated heterocycles. The normalized spacial score (nSPS) is 11.9. The lowest BCUT2D eigenvalue weighted by molar-refractivity contribution is -0.148. The van der Waals surface area contributed by atoms with Gasteiger partial charge in [0.15, 0.2) is 0 Å². The fourth-order valence-corrected chi connectivity index (χ4v) is 2.74. The minimum atomic E-state index is -0.844. The van der Waals surface area contributed by atoms with E-state index in [0.29, 0.717) is 0 Å². The minimum Gasteiger partial charge on any atom is -0.460 e.